The molecule has 2 N–H and O–H groups in total. The molecule has 0 saturated carbocycles. The third-order valence-corrected chi connectivity index (χ3v) is 2.64. The monoisotopic (exact) mass is 281 g/mol. The van der Waals surface area contributed by atoms with Gasteiger partial charge in [0.25, 0.3) is 0 Å². The van der Waals surface area contributed by atoms with Gasteiger partial charge in [-0.1, -0.05) is 18.2 Å². The Balaban J connectivity index is 0.000000361. The van der Waals surface area contributed by atoms with E-state index in [1.807, 2.05) is 32.0 Å². The van der Waals surface area contributed by atoms with Crippen molar-refractivity contribution in [2.24, 2.45) is 0 Å². The molecule has 0 aliphatic rings. The fourth-order valence-corrected chi connectivity index (χ4v) is 1.61. The average molecular weight is 281 g/mol. The molecule has 0 aromatic heterocycles. The largest absolute Gasteiger partial charge is 0.496 e. The fraction of sp³-hybridized carbons (Fsp3) is 0.467. The van der Waals surface area contributed by atoms with Gasteiger partial charge in [0, 0.05) is 6.92 Å². The maximum Gasteiger partial charge on any atom is 0.328 e. The molecule has 0 spiro atoms. The number of aryl methyl sites for hydroxylation is 2. The minimum Gasteiger partial charge on any atom is -0.496 e. The van der Waals surface area contributed by atoms with E-state index in [0.29, 0.717) is 0 Å². The lowest BCUT2D eigenvalue weighted by Crippen LogP contribution is -2.48. The van der Waals surface area contributed by atoms with Gasteiger partial charge < -0.3 is 15.2 Å². The number of aliphatic carboxylic acids is 1. The van der Waals surface area contributed by atoms with Gasteiger partial charge in [-0.3, -0.25) is 4.79 Å². The second-order valence-corrected chi connectivity index (χ2v) is 5.04. The molecule has 0 atom stereocenters. The summed E-state index contributed by atoms with van der Waals surface area (Å²) in [6.07, 6.45) is 0. The first kappa shape index (κ1) is 18.0. The summed E-state index contributed by atoms with van der Waals surface area (Å²) < 4.78 is 5.18. The summed E-state index contributed by atoms with van der Waals surface area (Å²) in [4.78, 5) is 20.7. The van der Waals surface area contributed by atoms with Crippen LogP contribution in [-0.4, -0.2) is 29.6 Å². The molecule has 1 rings (SSSR count). The van der Waals surface area contributed by atoms with Gasteiger partial charge in [-0.25, -0.2) is 4.79 Å². The van der Waals surface area contributed by atoms with Crippen molar-refractivity contribution in [3.8, 4) is 5.75 Å². The van der Waals surface area contributed by atoms with Crippen LogP contribution in [0.1, 0.15) is 31.9 Å². The second-order valence-electron chi connectivity index (χ2n) is 5.04. The zero-order valence-electron chi connectivity index (χ0n) is 12.9. The predicted octanol–water partition coefficient (Wildman–Crippen LogP) is 2.30. The molecule has 0 aliphatic heterocycles. The van der Waals surface area contributed by atoms with Crippen molar-refractivity contribution in [3.05, 3.63) is 29.3 Å². The highest BCUT2D eigenvalue weighted by molar-refractivity contribution is 5.85. The third kappa shape index (κ3) is 5.73. The molecule has 0 saturated heterocycles. The van der Waals surface area contributed by atoms with Crippen LogP contribution in [0.4, 0.5) is 0 Å². The molecule has 0 bridgehead atoms. The lowest BCUT2D eigenvalue weighted by Gasteiger charge is -2.19. The molecule has 5 heteroatoms. The molecule has 1 aromatic carbocycles. The third-order valence-electron chi connectivity index (χ3n) is 2.64. The van der Waals surface area contributed by atoms with Gasteiger partial charge in [-0.15, -0.1) is 0 Å². The molecule has 0 unspecified atom stereocenters. The zero-order valence-corrected chi connectivity index (χ0v) is 12.9. The van der Waals surface area contributed by atoms with Crippen LogP contribution < -0.4 is 10.1 Å². The Hall–Kier alpha value is -2.04. The number of amides is 1. The van der Waals surface area contributed by atoms with Gasteiger partial charge in [0.05, 0.1) is 7.11 Å². The van der Waals surface area contributed by atoms with Gasteiger partial charge in [0.1, 0.15) is 11.3 Å². The van der Waals surface area contributed by atoms with Crippen LogP contribution in [0.2, 0.25) is 0 Å². The highest BCUT2D eigenvalue weighted by Gasteiger charge is 2.27. The number of carboxylic acids is 1. The Labute approximate surface area is 120 Å². The molecule has 1 amide bonds. The number of rotatable bonds is 3. The molecule has 1 aromatic rings. The van der Waals surface area contributed by atoms with Crippen LogP contribution in [-0.2, 0) is 9.59 Å². The van der Waals surface area contributed by atoms with Crippen LogP contribution in [0.5, 0.6) is 5.75 Å². The summed E-state index contributed by atoms with van der Waals surface area (Å²) in [5.74, 6) is -0.377. The number of para-hydroxylation sites is 1. The Morgan fingerprint density at radius 3 is 1.85 bits per heavy atom. The minimum absolute atomic E-state index is 0.340. The Morgan fingerprint density at radius 2 is 1.65 bits per heavy atom. The molecule has 0 aliphatic carbocycles. The number of benzene rings is 1. The number of hydrogen-bond donors (Lipinski definition) is 2. The van der Waals surface area contributed by atoms with Crippen molar-refractivity contribution in [1.29, 1.82) is 0 Å². The van der Waals surface area contributed by atoms with E-state index in [9.17, 15) is 9.59 Å². The van der Waals surface area contributed by atoms with E-state index in [4.69, 9.17) is 9.84 Å². The molecule has 5 nitrogen and oxygen atoms in total. The zero-order chi connectivity index (χ0) is 15.9. The van der Waals surface area contributed by atoms with Crippen molar-refractivity contribution in [2.75, 3.05) is 7.11 Å². The summed E-state index contributed by atoms with van der Waals surface area (Å²) >= 11 is 0. The van der Waals surface area contributed by atoms with Crippen LogP contribution in [0.25, 0.3) is 0 Å². The maximum absolute atomic E-state index is 10.4. The number of methoxy groups -OCH3 is 1. The smallest absolute Gasteiger partial charge is 0.328 e. The minimum atomic E-state index is -1.16. The van der Waals surface area contributed by atoms with Crippen molar-refractivity contribution in [2.45, 2.75) is 40.2 Å². The Kier molecular flexibility index (Phi) is 6.76. The van der Waals surface area contributed by atoms with Crippen molar-refractivity contribution in [1.82, 2.24) is 5.32 Å². The van der Waals surface area contributed by atoms with E-state index in [0.717, 1.165) is 5.75 Å². The van der Waals surface area contributed by atoms with Crippen LogP contribution in [0, 0.1) is 13.8 Å². The molecule has 0 radical (unpaired) electrons. The van der Waals surface area contributed by atoms with Gasteiger partial charge in [-0.2, -0.15) is 0 Å². The number of carboxylic acid groups (broad SMARTS) is 1. The summed E-state index contributed by atoms with van der Waals surface area (Å²) in [5, 5.41) is 10.8. The van der Waals surface area contributed by atoms with E-state index < -0.39 is 11.5 Å². The Bertz CT molecular complexity index is 461. The highest BCUT2D eigenvalue weighted by Crippen LogP contribution is 2.20. The maximum atomic E-state index is 10.4. The lowest BCUT2D eigenvalue weighted by atomic mass is 10.1. The second kappa shape index (κ2) is 7.53. The van der Waals surface area contributed by atoms with Gasteiger partial charge in [-0.05, 0) is 38.8 Å². The number of carbonyl (C=O) groups excluding carboxylic acids is 1. The highest BCUT2D eigenvalue weighted by atomic mass is 16.5. The molecule has 112 valence electrons. The topological polar surface area (TPSA) is 75.6 Å². The van der Waals surface area contributed by atoms with Crippen LogP contribution in [0.15, 0.2) is 18.2 Å². The van der Waals surface area contributed by atoms with E-state index in [2.05, 4.69) is 5.32 Å². The summed E-state index contributed by atoms with van der Waals surface area (Å²) in [7, 11) is 1.70. The molecule has 20 heavy (non-hydrogen) atoms. The van der Waals surface area contributed by atoms with Crippen molar-refractivity contribution >= 4 is 11.9 Å². The molecular formula is C15H23NO4. The van der Waals surface area contributed by atoms with Crippen molar-refractivity contribution < 1.29 is 19.4 Å². The summed E-state index contributed by atoms with van der Waals surface area (Å²) in [6.45, 7) is 8.23. The van der Waals surface area contributed by atoms with Gasteiger partial charge >= 0.3 is 5.97 Å². The molecule has 0 heterocycles. The number of nitrogens with one attached hydrogen (secondary N) is 1. The standard InChI is InChI=1S/C9H12O.C6H11NO3/c1-7-5-4-6-8(2)9(7)10-3;1-4(8)7-6(2,3)5(9)10/h4-6H,1-3H3;1-3H3,(H,7,8)(H,9,10). The first-order chi connectivity index (χ1) is 9.11. The number of hydrogen-bond acceptors (Lipinski definition) is 3. The average Bonchev–Trinajstić information content (AvgIpc) is 2.28. The lowest BCUT2D eigenvalue weighted by molar-refractivity contribution is -0.145. The van der Waals surface area contributed by atoms with E-state index >= 15 is 0 Å². The fourth-order valence-electron chi connectivity index (χ4n) is 1.61. The van der Waals surface area contributed by atoms with Gasteiger partial charge in [0.2, 0.25) is 5.91 Å². The SMILES string of the molecule is CC(=O)NC(C)(C)C(=O)O.COc1c(C)cccc1C. The molecule has 0 fully saturated rings. The van der Waals surface area contributed by atoms with E-state index in [1.54, 1.807) is 7.11 Å². The van der Waals surface area contributed by atoms with Crippen LogP contribution in [0.3, 0.4) is 0 Å². The predicted molar refractivity (Wildman–Crippen MR) is 78.0 cm³/mol. The number of carbonyl (C=O) groups is 2. The summed E-state index contributed by atoms with van der Waals surface area (Å²) in [5.41, 5.74) is 1.23. The first-order valence-electron chi connectivity index (χ1n) is 6.24. The van der Waals surface area contributed by atoms with E-state index in [-0.39, 0.29) is 5.91 Å². The Morgan fingerprint density at radius 1 is 1.20 bits per heavy atom. The summed E-state index contributed by atoms with van der Waals surface area (Å²) in [6, 6.07) is 6.13. The quantitative estimate of drug-likeness (QED) is 0.891. The van der Waals surface area contributed by atoms with Gasteiger partial charge in [0.15, 0.2) is 0 Å². The molecular weight excluding hydrogens is 258 g/mol. The van der Waals surface area contributed by atoms with Crippen molar-refractivity contribution in [3.63, 3.8) is 0 Å². The first-order valence-corrected chi connectivity index (χ1v) is 6.24. The number of ether oxygens (including phenoxy) is 1. The normalized spacial score (nSPS) is 10.1. The van der Waals surface area contributed by atoms with E-state index in [1.165, 1.54) is 31.9 Å². The van der Waals surface area contributed by atoms with Crippen LogP contribution >= 0.6 is 0 Å².